The zero-order chi connectivity index (χ0) is 15.4. The van der Waals surface area contributed by atoms with E-state index in [4.69, 9.17) is 10.5 Å². The molecule has 2 aromatic rings. The van der Waals surface area contributed by atoms with Crippen molar-refractivity contribution < 1.29 is 9.66 Å². The number of nitro benzene ring substituents is 1. The molecule has 1 aromatic heterocycles. The summed E-state index contributed by atoms with van der Waals surface area (Å²) in [5.41, 5.74) is 7.41. The van der Waals surface area contributed by atoms with Crippen molar-refractivity contribution in [3.05, 3.63) is 52.1 Å². The number of hydrogen-bond acceptors (Lipinski definition) is 5. The molecule has 1 heterocycles. The highest BCUT2D eigenvalue weighted by atomic mass is 16.6. The van der Waals surface area contributed by atoms with Crippen LogP contribution in [0, 0.1) is 10.1 Å². The van der Waals surface area contributed by atoms with Gasteiger partial charge in [0.25, 0.3) is 5.69 Å². The van der Waals surface area contributed by atoms with Crippen molar-refractivity contribution in [3.8, 4) is 5.75 Å². The zero-order valence-electron chi connectivity index (χ0n) is 12.0. The minimum atomic E-state index is -0.418. The van der Waals surface area contributed by atoms with Crippen LogP contribution in [0.15, 0.2) is 30.7 Å². The highest BCUT2D eigenvalue weighted by Crippen LogP contribution is 2.24. The first-order valence-corrected chi connectivity index (χ1v) is 6.57. The molecule has 7 heteroatoms. The summed E-state index contributed by atoms with van der Waals surface area (Å²) >= 11 is 0. The number of benzene rings is 1. The Morgan fingerprint density at radius 3 is 2.90 bits per heavy atom. The SMILES string of the molecule is COc1ccc([N+](=O)[O-])cc1Cn1cnc(CC(C)N)c1. The predicted molar refractivity (Wildman–Crippen MR) is 78.3 cm³/mol. The second-order valence-electron chi connectivity index (χ2n) is 4.97. The van der Waals surface area contributed by atoms with Gasteiger partial charge in [0.1, 0.15) is 5.75 Å². The Morgan fingerprint density at radius 1 is 1.52 bits per heavy atom. The fraction of sp³-hybridized carbons (Fsp3) is 0.357. The molecule has 1 unspecified atom stereocenters. The van der Waals surface area contributed by atoms with E-state index in [2.05, 4.69) is 4.98 Å². The third kappa shape index (κ3) is 3.79. The topological polar surface area (TPSA) is 96.2 Å². The number of nitrogens with zero attached hydrogens (tertiary/aromatic N) is 3. The van der Waals surface area contributed by atoms with Crippen LogP contribution < -0.4 is 10.5 Å². The molecule has 0 saturated carbocycles. The molecule has 0 saturated heterocycles. The van der Waals surface area contributed by atoms with Crippen LogP contribution in [-0.2, 0) is 13.0 Å². The van der Waals surface area contributed by atoms with Gasteiger partial charge in [-0.2, -0.15) is 0 Å². The molecule has 0 aliphatic rings. The van der Waals surface area contributed by atoms with Gasteiger partial charge < -0.3 is 15.0 Å². The molecule has 0 amide bonds. The maximum absolute atomic E-state index is 10.9. The number of methoxy groups -OCH3 is 1. The molecular formula is C14H18N4O3. The maximum Gasteiger partial charge on any atom is 0.270 e. The Kier molecular flexibility index (Phi) is 4.54. The summed E-state index contributed by atoms with van der Waals surface area (Å²) in [6.07, 6.45) is 4.27. The molecule has 0 fully saturated rings. The first kappa shape index (κ1) is 15.0. The predicted octanol–water partition coefficient (Wildman–Crippen LogP) is 1.74. The fourth-order valence-electron chi connectivity index (χ4n) is 2.13. The fourth-order valence-corrected chi connectivity index (χ4v) is 2.13. The highest BCUT2D eigenvalue weighted by molar-refractivity contribution is 5.43. The summed E-state index contributed by atoms with van der Waals surface area (Å²) in [6.45, 7) is 2.37. The van der Waals surface area contributed by atoms with E-state index in [1.807, 2.05) is 17.7 Å². The van der Waals surface area contributed by atoms with Crippen molar-refractivity contribution in [3.63, 3.8) is 0 Å². The van der Waals surface area contributed by atoms with Gasteiger partial charge in [0.05, 0.1) is 30.6 Å². The first-order valence-electron chi connectivity index (χ1n) is 6.57. The standard InChI is InChI=1S/C14H18N4O3/c1-10(15)5-12-8-17(9-16-12)7-11-6-13(18(19)20)3-4-14(11)21-2/h3-4,6,8-10H,5,7,15H2,1-2H3. The smallest absolute Gasteiger partial charge is 0.270 e. The van der Waals surface area contributed by atoms with Gasteiger partial charge in [-0.15, -0.1) is 0 Å². The number of rotatable bonds is 6. The largest absolute Gasteiger partial charge is 0.496 e. The van der Waals surface area contributed by atoms with Crippen LogP contribution in [0.25, 0.3) is 0 Å². The lowest BCUT2D eigenvalue weighted by Crippen LogP contribution is -2.17. The van der Waals surface area contributed by atoms with Crippen LogP contribution in [0.4, 0.5) is 5.69 Å². The van der Waals surface area contributed by atoms with Crippen molar-refractivity contribution in [1.82, 2.24) is 9.55 Å². The Balaban J connectivity index is 2.23. The average Bonchev–Trinajstić information content (AvgIpc) is 2.85. The van der Waals surface area contributed by atoms with Crippen LogP contribution in [0.1, 0.15) is 18.2 Å². The van der Waals surface area contributed by atoms with E-state index < -0.39 is 4.92 Å². The Morgan fingerprint density at radius 2 is 2.29 bits per heavy atom. The van der Waals surface area contributed by atoms with E-state index in [9.17, 15) is 10.1 Å². The average molecular weight is 290 g/mol. The summed E-state index contributed by atoms with van der Waals surface area (Å²) in [4.78, 5) is 14.7. The molecule has 0 aliphatic heterocycles. The van der Waals surface area contributed by atoms with E-state index in [0.717, 1.165) is 11.3 Å². The molecule has 21 heavy (non-hydrogen) atoms. The summed E-state index contributed by atoms with van der Waals surface area (Å²) in [5.74, 6) is 0.614. The van der Waals surface area contributed by atoms with Crippen LogP contribution >= 0.6 is 0 Å². The Hall–Kier alpha value is -2.41. The van der Waals surface area contributed by atoms with Crippen molar-refractivity contribution in [2.24, 2.45) is 5.73 Å². The minimum Gasteiger partial charge on any atom is -0.496 e. The second kappa shape index (κ2) is 6.36. The van der Waals surface area contributed by atoms with E-state index in [1.165, 1.54) is 12.1 Å². The monoisotopic (exact) mass is 290 g/mol. The lowest BCUT2D eigenvalue weighted by molar-refractivity contribution is -0.384. The summed E-state index contributed by atoms with van der Waals surface area (Å²) in [5, 5.41) is 10.9. The third-order valence-electron chi connectivity index (χ3n) is 3.05. The molecule has 0 aliphatic carbocycles. The number of aromatic nitrogens is 2. The highest BCUT2D eigenvalue weighted by Gasteiger charge is 2.12. The molecular weight excluding hydrogens is 272 g/mol. The van der Waals surface area contributed by atoms with Gasteiger partial charge in [0.2, 0.25) is 0 Å². The second-order valence-corrected chi connectivity index (χ2v) is 4.97. The zero-order valence-corrected chi connectivity index (χ0v) is 12.0. The molecule has 1 atom stereocenters. The molecule has 2 rings (SSSR count). The first-order chi connectivity index (χ1) is 9.99. The van der Waals surface area contributed by atoms with Gasteiger partial charge in [-0.1, -0.05) is 0 Å². The van der Waals surface area contributed by atoms with E-state index in [1.54, 1.807) is 19.5 Å². The van der Waals surface area contributed by atoms with E-state index in [0.29, 0.717) is 18.7 Å². The van der Waals surface area contributed by atoms with Crippen LogP contribution in [0.5, 0.6) is 5.75 Å². The van der Waals surface area contributed by atoms with Gasteiger partial charge in [-0.3, -0.25) is 10.1 Å². The van der Waals surface area contributed by atoms with Gasteiger partial charge in [-0.05, 0) is 13.0 Å². The lowest BCUT2D eigenvalue weighted by Gasteiger charge is -2.08. The van der Waals surface area contributed by atoms with E-state index in [-0.39, 0.29) is 11.7 Å². The lowest BCUT2D eigenvalue weighted by atomic mass is 10.1. The van der Waals surface area contributed by atoms with Crippen molar-refractivity contribution in [2.45, 2.75) is 25.9 Å². The molecule has 1 aromatic carbocycles. The Bertz CT molecular complexity index is 637. The minimum absolute atomic E-state index is 0.0423. The summed E-state index contributed by atoms with van der Waals surface area (Å²) < 4.78 is 7.11. The van der Waals surface area contributed by atoms with Crippen molar-refractivity contribution in [2.75, 3.05) is 7.11 Å². The number of imidazole rings is 1. The number of hydrogen-bond donors (Lipinski definition) is 1. The number of non-ortho nitro benzene ring substituents is 1. The summed E-state index contributed by atoms with van der Waals surface area (Å²) in [6, 6.07) is 4.59. The normalized spacial score (nSPS) is 12.1. The summed E-state index contributed by atoms with van der Waals surface area (Å²) in [7, 11) is 1.54. The van der Waals surface area contributed by atoms with Crippen LogP contribution in [0.2, 0.25) is 0 Å². The van der Waals surface area contributed by atoms with Gasteiger partial charge in [-0.25, -0.2) is 4.98 Å². The van der Waals surface area contributed by atoms with Gasteiger partial charge >= 0.3 is 0 Å². The van der Waals surface area contributed by atoms with E-state index >= 15 is 0 Å². The molecule has 2 N–H and O–H groups in total. The quantitative estimate of drug-likeness (QED) is 0.645. The third-order valence-corrected chi connectivity index (χ3v) is 3.05. The maximum atomic E-state index is 10.9. The van der Waals surface area contributed by atoms with Crippen molar-refractivity contribution >= 4 is 5.69 Å². The molecule has 0 bridgehead atoms. The van der Waals surface area contributed by atoms with Crippen LogP contribution in [0.3, 0.4) is 0 Å². The number of nitro groups is 1. The molecule has 7 nitrogen and oxygen atoms in total. The molecule has 0 radical (unpaired) electrons. The van der Waals surface area contributed by atoms with Crippen LogP contribution in [-0.4, -0.2) is 27.6 Å². The van der Waals surface area contributed by atoms with Gasteiger partial charge in [0.15, 0.2) is 0 Å². The van der Waals surface area contributed by atoms with Crippen molar-refractivity contribution in [1.29, 1.82) is 0 Å². The van der Waals surface area contributed by atoms with Gasteiger partial charge in [0, 0.05) is 36.4 Å². The Labute approximate surface area is 122 Å². The molecule has 0 spiro atoms. The number of nitrogens with two attached hydrogens (primary N) is 1. The number of ether oxygens (including phenoxy) is 1. The molecule has 112 valence electrons.